The summed E-state index contributed by atoms with van der Waals surface area (Å²) in [6.07, 6.45) is 4.43. The molecule has 4 rings (SSSR count). The zero-order chi connectivity index (χ0) is 16.5. The highest BCUT2D eigenvalue weighted by Gasteiger charge is 2.30. The molecule has 1 saturated heterocycles. The van der Waals surface area contributed by atoms with Crippen LogP contribution < -0.4 is 5.32 Å². The van der Waals surface area contributed by atoms with Gasteiger partial charge in [-0.15, -0.1) is 24.8 Å². The van der Waals surface area contributed by atoms with Crippen LogP contribution in [-0.2, 0) is 0 Å². The Kier molecular flexibility index (Phi) is 7.27. The minimum absolute atomic E-state index is 0. The number of benzene rings is 1. The predicted molar refractivity (Wildman–Crippen MR) is 111 cm³/mol. The van der Waals surface area contributed by atoms with E-state index in [-0.39, 0.29) is 30.7 Å². The van der Waals surface area contributed by atoms with Crippen LogP contribution in [0.2, 0.25) is 0 Å². The number of amides is 1. The molecule has 2 fully saturated rings. The summed E-state index contributed by atoms with van der Waals surface area (Å²) < 4.78 is 0. The van der Waals surface area contributed by atoms with Crippen LogP contribution in [0.1, 0.15) is 54.6 Å². The molecule has 1 saturated carbocycles. The second kappa shape index (κ2) is 9.03. The fourth-order valence-electron chi connectivity index (χ4n) is 3.71. The zero-order valence-corrected chi connectivity index (χ0v) is 16.7. The lowest BCUT2D eigenvalue weighted by atomic mass is 10.0. The van der Waals surface area contributed by atoms with Gasteiger partial charge in [0, 0.05) is 36.1 Å². The molecule has 1 amide bonds. The molecule has 26 heavy (non-hydrogen) atoms. The number of halogens is 2. The van der Waals surface area contributed by atoms with Gasteiger partial charge in [-0.3, -0.25) is 9.78 Å². The highest BCUT2D eigenvalue weighted by molar-refractivity contribution is 6.06. The van der Waals surface area contributed by atoms with Gasteiger partial charge >= 0.3 is 0 Å². The second-order valence-electron chi connectivity index (χ2n) is 7.03. The van der Waals surface area contributed by atoms with E-state index in [1.807, 2.05) is 24.3 Å². The van der Waals surface area contributed by atoms with Gasteiger partial charge in [-0.2, -0.15) is 0 Å². The van der Waals surface area contributed by atoms with E-state index in [0.717, 1.165) is 54.6 Å². The van der Waals surface area contributed by atoms with Crippen LogP contribution in [0.25, 0.3) is 10.9 Å². The van der Waals surface area contributed by atoms with E-state index in [4.69, 9.17) is 4.98 Å². The van der Waals surface area contributed by atoms with Crippen LogP contribution in [0.5, 0.6) is 0 Å². The first kappa shape index (κ1) is 20.9. The minimum atomic E-state index is 0. The molecule has 2 heterocycles. The monoisotopic (exact) mass is 395 g/mol. The average molecular weight is 396 g/mol. The van der Waals surface area contributed by atoms with Crippen molar-refractivity contribution in [2.45, 2.75) is 44.6 Å². The Bertz CT molecular complexity index is 758. The summed E-state index contributed by atoms with van der Waals surface area (Å²) in [6.45, 7) is 4.87. The maximum atomic E-state index is 13.4. The quantitative estimate of drug-likeness (QED) is 0.825. The third-order valence-electron chi connectivity index (χ3n) is 5.16. The van der Waals surface area contributed by atoms with E-state index in [1.54, 1.807) is 0 Å². The van der Waals surface area contributed by atoms with E-state index in [0.29, 0.717) is 12.0 Å². The van der Waals surface area contributed by atoms with E-state index in [2.05, 4.69) is 23.2 Å². The number of para-hydroxylation sites is 1. The van der Waals surface area contributed by atoms with Crippen molar-refractivity contribution in [3.8, 4) is 0 Å². The molecule has 0 radical (unpaired) electrons. The number of nitrogens with one attached hydrogen (secondary N) is 1. The summed E-state index contributed by atoms with van der Waals surface area (Å²) in [6, 6.07) is 10.4. The Hall–Kier alpha value is -1.36. The van der Waals surface area contributed by atoms with Crippen molar-refractivity contribution in [1.82, 2.24) is 15.2 Å². The summed E-state index contributed by atoms with van der Waals surface area (Å²) >= 11 is 0. The number of pyridine rings is 1. The molecule has 2 aromatic rings. The summed E-state index contributed by atoms with van der Waals surface area (Å²) in [7, 11) is 0. The van der Waals surface area contributed by atoms with Crippen LogP contribution >= 0.6 is 24.8 Å². The molecule has 0 spiro atoms. The molecule has 1 aromatic carbocycles. The van der Waals surface area contributed by atoms with Crippen LogP contribution in [0.4, 0.5) is 0 Å². The molecule has 1 aliphatic heterocycles. The van der Waals surface area contributed by atoms with E-state index in [1.165, 1.54) is 12.8 Å². The van der Waals surface area contributed by atoms with Gasteiger partial charge in [-0.05, 0) is 44.4 Å². The molecule has 1 atom stereocenters. The molecule has 6 heteroatoms. The predicted octanol–water partition coefficient (Wildman–Crippen LogP) is 4.17. The van der Waals surface area contributed by atoms with Crippen molar-refractivity contribution in [2.75, 3.05) is 19.6 Å². The lowest BCUT2D eigenvalue weighted by molar-refractivity contribution is 0.0694. The number of hydrogen-bond acceptors (Lipinski definition) is 3. The van der Waals surface area contributed by atoms with Gasteiger partial charge in [-0.25, -0.2) is 0 Å². The van der Waals surface area contributed by atoms with Crippen molar-refractivity contribution < 1.29 is 4.79 Å². The number of hydrogen-bond donors (Lipinski definition) is 1. The molecular formula is C20H27Cl2N3O. The van der Waals surface area contributed by atoms with Crippen LogP contribution in [0.15, 0.2) is 30.3 Å². The van der Waals surface area contributed by atoms with Gasteiger partial charge in [0.25, 0.3) is 5.91 Å². The summed E-state index contributed by atoms with van der Waals surface area (Å²) in [5.74, 6) is 0.722. The zero-order valence-electron chi connectivity index (χ0n) is 15.1. The van der Waals surface area contributed by atoms with E-state index in [9.17, 15) is 4.79 Å². The smallest absolute Gasteiger partial charge is 0.254 e. The van der Waals surface area contributed by atoms with Gasteiger partial charge in [0.1, 0.15) is 0 Å². The molecule has 2 aliphatic rings. The lowest BCUT2D eigenvalue weighted by Gasteiger charge is -2.29. The van der Waals surface area contributed by atoms with Crippen molar-refractivity contribution in [2.24, 2.45) is 0 Å². The Balaban J connectivity index is 0.00000121. The third kappa shape index (κ3) is 4.13. The van der Waals surface area contributed by atoms with Crippen molar-refractivity contribution in [3.63, 3.8) is 0 Å². The maximum Gasteiger partial charge on any atom is 0.254 e. The van der Waals surface area contributed by atoms with Crippen LogP contribution in [0, 0.1) is 0 Å². The highest BCUT2D eigenvalue weighted by atomic mass is 35.5. The fraction of sp³-hybridized carbons (Fsp3) is 0.500. The average Bonchev–Trinajstić information content (AvgIpc) is 3.33. The highest BCUT2D eigenvalue weighted by Crippen LogP contribution is 2.40. The maximum absolute atomic E-state index is 13.4. The fourth-order valence-corrected chi connectivity index (χ4v) is 3.71. The van der Waals surface area contributed by atoms with E-state index < -0.39 is 0 Å². The summed E-state index contributed by atoms with van der Waals surface area (Å²) in [4.78, 5) is 20.3. The molecule has 142 valence electrons. The van der Waals surface area contributed by atoms with Crippen molar-refractivity contribution in [3.05, 3.63) is 41.6 Å². The van der Waals surface area contributed by atoms with Gasteiger partial charge in [0.05, 0.1) is 11.1 Å². The third-order valence-corrected chi connectivity index (χ3v) is 5.16. The number of carbonyl (C=O) groups excluding carboxylic acids is 1. The SMILES string of the molecule is CCCN(C(=O)c1cc(C2CC2)nc2ccccc12)C1CCNC1.Cl.Cl. The Morgan fingerprint density at radius 2 is 2.00 bits per heavy atom. The molecule has 1 unspecified atom stereocenters. The molecule has 1 N–H and O–H groups in total. The minimum Gasteiger partial charge on any atom is -0.334 e. The second-order valence-corrected chi connectivity index (χ2v) is 7.03. The first-order chi connectivity index (χ1) is 11.8. The van der Waals surface area contributed by atoms with Gasteiger partial charge in [0.15, 0.2) is 0 Å². The van der Waals surface area contributed by atoms with E-state index >= 15 is 0 Å². The largest absolute Gasteiger partial charge is 0.334 e. The summed E-state index contributed by atoms with van der Waals surface area (Å²) in [5.41, 5.74) is 2.88. The van der Waals surface area contributed by atoms with Crippen molar-refractivity contribution >= 4 is 41.6 Å². The normalized spacial score (nSPS) is 18.9. The molecule has 0 bridgehead atoms. The first-order valence-electron chi connectivity index (χ1n) is 9.19. The Morgan fingerprint density at radius 1 is 1.23 bits per heavy atom. The van der Waals surface area contributed by atoms with Gasteiger partial charge < -0.3 is 10.2 Å². The lowest BCUT2D eigenvalue weighted by Crippen LogP contribution is -2.42. The number of fused-ring (bicyclic) bond motifs is 1. The summed E-state index contributed by atoms with van der Waals surface area (Å²) in [5, 5.41) is 4.37. The first-order valence-corrected chi connectivity index (χ1v) is 9.19. The van der Waals surface area contributed by atoms with Gasteiger partial charge in [0.2, 0.25) is 0 Å². The Labute approximate surface area is 167 Å². The van der Waals surface area contributed by atoms with Gasteiger partial charge in [-0.1, -0.05) is 25.1 Å². The molecule has 1 aromatic heterocycles. The molecule has 1 aliphatic carbocycles. The topological polar surface area (TPSA) is 45.2 Å². The number of carbonyl (C=O) groups is 1. The van der Waals surface area contributed by atoms with Crippen LogP contribution in [0.3, 0.4) is 0 Å². The number of nitrogens with zero attached hydrogens (tertiary/aromatic N) is 2. The number of aromatic nitrogens is 1. The standard InChI is InChI=1S/C20H25N3O.2ClH/c1-2-11-23(15-9-10-21-13-15)20(24)17-12-19(14-7-8-14)22-18-6-4-3-5-16(17)18;;/h3-6,12,14-15,21H,2,7-11,13H2,1H3;2*1H. The molecular weight excluding hydrogens is 369 g/mol. The van der Waals surface area contributed by atoms with Crippen LogP contribution in [-0.4, -0.2) is 41.5 Å². The van der Waals surface area contributed by atoms with Crippen molar-refractivity contribution in [1.29, 1.82) is 0 Å². The number of rotatable bonds is 5. The molecule has 4 nitrogen and oxygen atoms in total. The Morgan fingerprint density at radius 3 is 2.65 bits per heavy atom.